The van der Waals surface area contributed by atoms with Crippen molar-refractivity contribution in [3.05, 3.63) is 29.8 Å². The van der Waals surface area contributed by atoms with Crippen LogP contribution in [-0.4, -0.2) is 69.3 Å². The standard InChI is InChI=1S/C15H20N6O3S/c22-9-8-20-6-7-21(15(20)24)14-18-10-12(25-14)13(23)17-2-1-4-19-5-3-16-11-19/h3,5,10-11,22H,1-2,4,6-9H2,(H,17,23). The number of β-amino-alcohol motifs (C(OH)–C–C–N with tert-alkyl or cyclic N) is 1. The van der Waals surface area contributed by atoms with E-state index in [2.05, 4.69) is 15.3 Å². The minimum atomic E-state index is -0.187. The smallest absolute Gasteiger partial charge is 0.326 e. The van der Waals surface area contributed by atoms with E-state index in [1.165, 1.54) is 22.4 Å². The third kappa shape index (κ3) is 4.15. The minimum Gasteiger partial charge on any atom is -0.395 e. The molecule has 3 rings (SSSR count). The van der Waals surface area contributed by atoms with E-state index in [0.717, 1.165) is 13.0 Å². The summed E-state index contributed by atoms with van der Waals surface area (Å²) < 4.78 is 1.95. The second-order valence-corrected chi connectivity index (χ2v) is 6.57. The van der Waals surface area contributed by atoms with Gasteiger partial charge in [-0.05, 0) is 6.42 Å². The fourth-order valence-electron chi connectivity index (χ4n) is 2.55. The highest BCUT2D eigenvalue weighted by Crippen LogP contribution is 2.25. The molecule has 25 heavy (non-hydrogen) atoms. The molecule has 3 heterocycles. The van der Waals surface area contributed by atoms with Crippen LogP contribution in [0.4, 0.5) is 9.93 Å². The number of hydrogen-bond donors (Lipinski definition) is 2. The summed E-state index contributed by atoms with van der Waals surface area (Å²) in [4.78, 5) is 36.1. The Bertz CT molecular complexity index is 717. The molecule has 0 unspecified atom stereocenters. The zero-order chi connectivity index (χ0) is 17.6. The van der Waals surface area contributed by atoms with E-state index in [4.69, 9.17) is 5.11 Å². The van der Waals surface area contributed by atoms with Gasteiger partial charge in [0, 0.05) is 45.1 Å². The lowest BCUT2D eigenvalue weighted by molar-refractivity contribution is 0.0956. The van der Waals surface area contributed by atoms with Crippen LogP contribution in [0.5, 0.6) is 0 Å². The van der Waals surface area contributed by atoms with Crippen LogP contribution in [0.3, 0.4) is 0 Å². The summed E-state index contributed by atoms with van der Waals surface area (Å²) in [6, 6.07) is -0.185. The molecule has 0 spiro atoms. The molecule has 0 aliphatic carbocycles. The second-order valence-electron chi connectivity index (χ2n) is 5.56. The number of amides is 3. The summed E-state index contributed by atoms with van der Waals surface area (Å²) in [5.41, 5.74) is 0. The fraction of sp³-hybridized carbons (Fsp3) is 0.467. The van der Waals surface area contributed by atoms with E-state index in [1.54, 1.807) is 17.4 Å². The van der Waals surface area contributed by atoms with Crippen LogP contribution in [-0.2, 0) is 6.54 Å². The first-order chi connectivity index (χ1) is 12.2. The Kier molecular flexibility index (Phi) is 5.61. The Morgan fingerprint density at radius 1 is 1.36 bits per heavy atom. The molecule has 0 saturated carbocycles. The van der Waals surface area contributed by atoms with Gasteiger partial charge in [-0.25, -0.2) is 14.8 Å². The van der Waals surface area contributed by atoms with E-state index < -0.39 is 0 Å². The first kappa shape index (κ1) is 17.4. The molecule has 9 nitrogen and oxygen atoms in total. The Morgan fingerprint density at radius 2 is 2.24 bits per heavy atom. The predicted octanol–water partition coefficient (Wildman–Crippen LogP) is 0.394. The van der Waals surface area contributed by atoms with Crippen LogP contribution in [0.15, 0.2) is 24.9 Å². The summed E-state index contributed by atoms with van der Waals surface area (Å²) in [7, 11) is 0. The second kappa shape index (κ2) is 8.08. The summed E-state index contributed by atoms with van der Waals surface area (Å²) in [6.45, 7) is 2.65. The molecule has 2 aromatic heterocycles. The highest BCUT2D eigenvalue weighted by atomic mass is 32.1. The Labute approximate surface area is 148 Å². The molecule has 2 aromatic rings. The number of rotatable bonds is 8. The number of carbonyl (C=O) groups excluding carboxylic acids is 2. The number of hydrogen-bond acceptors (Lipinski definition) is 6. The lowest BCUT2D eigenvalue weighted by Crippen LogP contribution is -2.33. The topological polar surface area (TPSA) is 104 Å². The maximum Gasteiger partial charge on any atom is 0.326 e. The van der Waals surface area contributed by atoms with Gasteiger partial charge in [0.2, 0.25) is 0 Å². The maximum absolute atomic E-state index is 12.2. The molecular weight excluding hydrogens is 344 g/mol. The Hall–Kier alpha value is -2.46. The zero-order valence-corrected chi connectivity index (χ0v) is 14.5. The molecule has 3 amide bonds. The quantitative estimate of drug-likeness (QED) is 0.660. The highest BCUT2D eigenvalue weighted by molar-refractivity contribution is 7.17. The normalized spacial score (nSPS) is 14.4. The van der Waals surface area contributed by atoms with E-state index in [1.807, 2.05) is 10.8 Å². The van der Waals surface area contributed by atoms with E-state index in [0.29, 0.717) is 36.2 Å². The summed E-state index contributed by atoms with van der Waals surface area (Å²) >= 11 is 1.20. The van der Waals surface area contributed by atoms with Crippen LogP contribution in [0, 0.1) is 0 Å². The van der Waals surface area contributed by atoms with Crippen molar-refractivity contribution < 1.29 is 14.7 Å². The molecular formula is C15H20N6O3S. The average molecular weight is 364 g/mol. The largest absolute Gasteiger partial charge is 0.395 e. The van der Waals surface area contributed by atoms with Crippen molar-refractivity contribution in [2.45, 2.75) is 13.0 Å². The molecule has 1 aliphatic rings. The Balaban J connectivity index is 1.49. The molecule has 1 fully saturated rings. The number of thiazole rings is 1. The number of carbonyl (C=O) groups is 2. The van der Waals surface area contributed by atoms with Crippen molar-refractivity contribution in [3.8, 4) is 0 Å². The summed E-state index contributed by atoms with van der Waals surface area (Å²) in [5.74, 6) is -0.187. The number of anilines is 1. The first-order valence-electron chi connectivity index (χ1n) is 8.06. The molecule has 1 saturated heterocycles. The van der Waals surface area contributed by atoms with E-state index in [-0.39, 0.29) is 18.5 Å². The van der Waals surface area contributed by atoms with Gasteiger partial charge >= 0.3 is 6.03 Å². The number of nitrogens with one attached hydrogen (secondary N) is 1. The van der Waals surface area contributed by atoms with Crippen molar-refractivity contribution >= 4 is 28.4 Å². The number of aromatic nitrogens is 3. The predicted molar refractivity (Wildman–Crippen MR) is 92.7 cm³/mol. The van der Waals surface area contributed by atoms with Gasteiger partial charge in [0.15, 0.2) is 5.13 Å². The highest BCUT2D eigenvalue weighted by Gasteiger charge is 2.31. The molecule has 0 bridgehead atoms. The SMILES string of the molecule is O=C(NCCCn1ccnc1)c1cnc(N2CCN(CCO)C2=O)s1. The van der Waals surface area contributed by atoms with Crippen molar-refractivity contribution in [1.29, 1.82) is 0 Å². The van der Waals surface area contributed by atoms with E-state index >= 15 is 0 Å². The number of imidazole rings is 1. The third-order valence-corrected chi connectivity index (χ3v) is 4.87. The number of nitrogens with zero attached hydrogens (tertiary/aromatic N) is 5. The van der Waals surface area contributed by atoms with Crippen LogP contribution < -0.4 is 10.2 Å². The molecule has 134 valence electrons. The van der Waals surface area contributed by atoms with Gasteiger partial charge in [-0.15, -0.1) is 0 Å². The average Bonchev–Trinajstić information content (AvgIpc) is 3.34. The summed E-state index contributed by atoms with van der Waals surface area (Å²) in [5, 5.41) is 12.3. The van der Waals surface area contributed by atoms with Crippen molar-refractivity contribution in [1.82, 2.24) is 24.8 Å². The van der Waals surface area contributed by atoms with Gasteiger partial charge in [0.25, 0.3) is 5.91 Å². The molecule has 2 N–H and O–H groups in total. The lowest BCUT2D eigenvalue weighted by atomic mass is 10.4. The van der Waals surface area contributed by atoms with Crippen LogP contribution >= 0.6 is 11.3 Å². The third-order valence-electron chi connectivity index (χ3n) is 3.85. The zero-order valence-electron chi connectivity index (χ0n) is 13.7. The number of aryl methyl sites for hydroxylation is 1. The van der Waals surface area contributed by atoms with Gasteiger partial charge in [-0.3, -0.25) is 9.69 Å². The number of aliphatic hydroxyl groups is 1. The van der Waals surface area contributed by atoms with Crippen LogP contribution in [0.25, 0.3) is 0 Å². The lowest BCUT2D eigenvalue weighted by Gasteiger charge is -2.15. The fourth-order valence-corrected chi connectivity index (χ4v) is 3.40. The monoisotopic (exact) mass is 364 g/mol. The van der Waals surface area contributed by atoms with E-state index in [9.17, 15) is 9.59 Å². The van der Waals surface area contributed by atoms with Gasteiger partial charge in [0.1, 0.15) is 4.88 Å². The number of urea groups is 1. The first-order valence-corrected chi connectivity index (χ1v) is 8.88. The van der Waals surface area contributed by atoms with Gasteiger partial charge in [0.05, 0.1) is 19.1 Å². The van der Waals surface area contributed by atoms with Crippen molar-refractivity contribution in [3.63, 3.8) is 0 Å². The van der Waals surface area contributed by atoms with Gasteiger partial charge in [-0.1, -0.05) is 11.3 Å². The molecule has 10 heteroatoms. The van der Waals surface area contributed by atoms with Crippen molar-refractivity contribution in [2.24, 2.45) is 0 Å². The molecule has 0 aromatic carbocycles. The van der Waals surface area contributed by atoms with Crippen LogP contribution in [0.2, 0.25) is 0 Å². The molecule has 0 atom stereocenters. The summed E-state index contributed by atoms with van der Waals surface area (Å²) in [6.07, 6.45) is 7.63. The minimum absolute atomic E-state index is 0.0653. The van der Waals surface area contributed by atoms with Gasteiger partial charge < -0.3 is 19.9 Å². The van der Waals surface area contributed by atoms with Crippen molar-refractivity contribution in [2.75, 3.05) is 37.7 Å². The molecule has 1 aliphatic heterocycles. The Morgan fingerprint density at radius 3 is 3.00 bits per heavy atom. The van der Waals surface area contributed by atoms with Gasteiger partial charge in [-0.2, -0.15) is 0 Å². The molecule has 0 radical (unpaired) electrons. The van der Waals surface area contributed by atoms with Crippen LogP contribution in [0.1, 0.15) is 16.1 Å². The number of aliphatic hydroxyl groups excluding tert-OH is 1. The maximum atomic E-state index is 12.2.